The van der Waals surface area contributed by atoms with Crippen molar-refractivity contribution >= 4 is 23.3 Å². The number of anilines is 2. The summed E-state index contributed by atoms with van der Waals surface area (Å²) in [5.41, 5.74) is 8.23. The molecule has 1 aliphatic rings. The second-order valence-electron chi connectivity index (χ2n) is 5.96. The lowest BCUT2D eigenvalue weighted by molar-refractivity contribution is -0.123. The van der Waals surface area contributed by atoms with Gasteiger partial charge in [0.25, 0.3) is 0 Å². The van der Waals surface area contributed by atoms with Crippen molar-refractivity contribution in [1.29, 1.82) is 0 Å². The second-order valence-corrected chi connectivity index (χ2v) is 5.96. The number of primary amides is 1. The lowest BCUT2D eigenvalue weighted by Crippen LogP contribution is -2.45. The van der Waals surface area contributed by atoms with Gasteiger partial charge in [-0.2, -0.15) is 0 Å². The summed E-state index contributed by atoms with van der Waals surface area (Å²) >= 11 is 0. The summed E-state index contributed by atoms with van der Waals surface area (Å²) in [7, 11) is 3.94. The van der Waals surface area contributed by atoms with Gasteiger partial charge < -0.3 is 20.9 Å². The third kappa shape index (κ3) is 3.50. The molecule has 0 spiro atoms. The fourth-order valence-electron chi connectivity index (χ4n) is 2.83. The normalized spacial score (nSPS) is 18.0. The predicted octanol–water partition coefficient (Wildman–Crippen LogP) is 1.79. The Morgan fingerprint density at radius 1 is 1.36 bits per heavy atom. The Bertz CT molecular complexity index is 571. The van der Waals surface area contributed by atoms with Gasteiger partial charge in [-0.3, -0.25) is 4.79 Å². The zero-order valence-electron chi connectivity index (χ0n) is 13.4. The van der Waals surface area contributed by atoms with Crippen molar-refractivity contribution < 1.29 is 9.59 Å². The fourth-order valence-corrected chi connectivity index (χ4v) is 2.83. The van der Waals surface area contributed by atoms with Crippen LogP contribution in [0.15, 0.2) is 18.2 Å². The van der Waals surface area contributed by atoms with Crippen molar-refractivity contribution in [3.8, 4) is 0 Å². The van der Waals surface area contributed by atoms with E-state index in [4.69, 9.17) is 5.73 Å². The first kappa shape index (κ1) is 16.1. The molecule has 0 unspecified atom stereocenters. The molecule has 0 radical (unpaired) electrons. The number of carbonyl (C=O) groups is 2. The molecular formula is C16H24N4O2. The van der Waals surface area contributed by atoms with Crippen LogP contribution in [0, 0.1) is 12.8 Å². The van der Waals surface area contributed by atoms with E-state index in [1.54, 1.807) is 4.90 Å². The van der Waals surface area contributed by atoms with E-state index in [-0.39, 0.29) is 17.9 Å². The number of hydrogen-bond acceptors (Lipinski definition) is 3. The van der Waals surface area contributed by atoms with E-state index in [0.717, 1.165) is 29.8 Å². The van der Waals surface area contributed by atoms with E-state index in [9.17, 15) is 9.59 Å². The maximum absolute atomic E-state index is 12.4. The van der Waals surface area contributed by atoms with E-state index in [1.165, 1.54) is 0 Å². The van der Waals surface area contributed by atoms with Crippen molar-refractivity contribution in [3.05, 3.63) is 23.8 Å². The molecule has 3 amide bonds. The third-order valence-electron chi connectivity index (χ3n) is 4.14. The first-order valence-electron chi connectivity index (χ1n) is 7.52. The van der Waals surface area contributed by atoms with Crippen LogP contribution in [0.3, 0.4) is 0 Å². The number of nitrogens with two attached hydrogens (primary N) is 1. The third-order valence-corrected chi connectivity index (χ3v) is 4.14. The zero-order valence-corrected chi connectivity index (χ0v) is 13.4. The summed E-state index contributed by atoms with van der Waals surface area (Å²) in [4.78, 5) is 27.4. The highest BCUT2D eigenvalue weighted by atomic mass is 16.2. The van der Waals surface area contributed by atoms with E-state index >= 15 is 0 Å². The average Bonchev–Trinajstić information content (AvgIpc) is 2.49. The van der Waals surface area contributed by atoms with E-state index in [2.05, 4.69) is 5.32 Å². The predicted molar refractivity (Wildman–Crippen MR) is 88.0 cm³/mol. The van der Waals surface area contributed by atoms with Gasteiger partial charge in [-0.1, -0.05) is 6.07 Å². The van der Waals surface area contributed by atoms with Gasteiger partial charge in [0.05, 0.1) is 5.92 Å². The van der Waals surface area contributed by atoms with Gasteiger partial charge in [-0.15, -0.1) is 0 Å². The number of rotatable bonds is 3. The summed E-state index contributed by atoms with van der Waals surface area (Å²) in [5.74, 6) is -0.572. The van der Waals surface area contributed by atoms with Crippen LogP contribution < -0.4 is 16.0 Å². The molecule has 3 N–H and O–H groups in total. The van der Waals surface area contributed by atoms with Gasteiger partial charge in [-0.05, 0) is 37.5 Å². The first-order chi connectivity index (χ1) is 10.4. The average molecular weight is 304 g/mol. The number of hydrogen-bond donors (Lipinski definition) is 2. The van der Waals surface area contributed by atoms with Crippen LogP contribution in [0.2, 0.25) is 0 Å². The fraction of sp³-hybridized carbons (Fsp3) is 0.500. The molecule has 1 fully saturated rings. The molecule has 0 aromatic heterocycles. The topological polar surface area (TPSA) is 78.7 Å². The van der Waals surface area contributed by atoms with Crippen molar-refractivity contribution in [2.24, 2.45) is 11.7 Å². The number of benzene rings is 1. The van der Waals surface area contributed by atoms with Crippen LogP contribution in [0.25, 0.3) is 0 Å². The Hall–Kier alpha value is -2.24. The Kier molecular flexibility index (Phi) is 4.90. The highest BCUT2D eigenvalue weighted by Gasteiger charge is 2.27. The van der Waals surface area contributed by atoms with E-state index < -0.39 is 0 Å². The highest BCUT2D eigenvalue weighted by molar-refractivity contribution is 5.91. The van der Waals surface area contributed by atoms with Crippen molar-refractivity contribution in [2.45, 2.75) is 19.8 Å². The highest BCUT2D eigenvalue weighted by Crippen LogP contribution is 2.26. The van der Waals surface area contributed by atoms with Crippen LogP contribution in [-0.4, -0.2) is 44.0 Å². The summed E-state index contributed by atoms with van der Waals surface area (Å²) in [6.45, 7) is 3.03. The molecule has 0 saturated carbocycles. The smallest absolute Gasteiger partial charge is 0.321 e. The lowest BCUT2D eigenvalue weighted by Gasteiger charge is -2.31. The van der Waals surface area contributed by atoms with E-state index in [1.807, 2.05) is 44.1 Å². The molecular weight excluding hydrogens is 280 g/mol. The maximum Gasteiger partial charge on any atom is 0.321 e. The van der Waals surface area contributed by atoms with Gasteiger partial charge in [-0.25, -0.2) is 4.79 Å². The Morgan fingerprint density at radius 3 is 2.73 bits per heavy atom. The second kappa shape index (κ2) is 6.68. The number of nitrogens with one attached hydrogen (secondary N) is 1. The van der Waals surface area contributed by atoms with Crippen LogP contribution >= 0.6 is 0 Å². The van der Waals surface area contributed by atoms with Crippen molar-refractivity contribution in [3.63, 3.8) is 0 Å². The molecule has 1 heterocycles. The standard InChI is InChI=1S/C16H24N4O2/c1-11-13(7-4-8-14(11)19(2)3)18-16(22)20-9-5-6-12(10-20)15(17)21/h4,7-8,12H,5-6,9-10H2,1-3H3,(H2,17,21)(H,18,22)/t12-/m0/s1. The number of carbonyl (C=O) groups excluding carboxylic acids is 2. The molecule has 120 valence electrons. The molecule has 1 aromatic carbocycles. The van der Waals surface area contributed by atoms with E-state index in [0.29, 0.717) is 13.1 Å². The van der Waals surface area contributed by atoms with Crippen molar-refractivity contribution in [1.82, 2.24) is 4.90 Å². The first-order valence-corrected chi connectivity index (χ1v) is 7.52. The number of urea groups is 1. The molecule has 1 aromatic rings. The molecule has 6 heteroatoms. The number of nitrogens with zero attached hydrogens (tertiary/aromatic N) is 2. The van der Waals surface area contributed by atoms with Gasteiger partial charge in [0.15, 0.2) is 0 Å². The lowest BCUT2D eigenvalue weighted by atomic mass is 9.98. The molecule has 0 bridgehead atoms. The Balaban J connectivity index is 2.09. The summed E-state index contributed by atoms with van der Waals surface area (Å²) < 4.78 is 0. The Morgan fingerprint density at radius 2 is 2.09 bits per heavy atom. The molecule has 1 atom stereocenters. The molecule has 1 saturated heterocycles. The van der Waals surface area contributed by atoms with Crippen LogP contribution in [-0.2, 0) is 4.79 Å². The summed E-state index contributed by atoms with van der Waals surface area (Å²) in [5, 5.41) is 2.94. The summed E-state index contributed by atoms with van der Waals surface area (Å²) in [6, 6.07) is 5.63. The van der Waals surface area contributed by atoms with Crippen LogP contribution in [0.4, 0.5) is 16.2 Å². The van der Waals surface area contributed by atoms with Crippen molar-refractivity contribution in [2.75, 3.05) is 37.4 Å². The molecule has 22 heavy (non-hydrogen) atoms. The minimum absolute atomic E-state index is 0.176. The minimum atomic E-state index is -0.330. The Labute approximate surface area is 131 Å². The minimum Gasteiger partial charge on any atom is -0.377 e. The van der Waals surface area contributed by atoms with Crippen LogP contribution in [0.1, 0.15) is 18.4 Å². The maximum atomic E-state index is 12.4. The van der Waals surface area contributed by atoms with Gasteiger partial charge in [0, 0.05) is 38.6 Å². The molecule has 2 rings (SSSR count). The number of amides is 3. The van der Waals surface area contributed by atoms with Gasteiger partial charge >= 0.3 is 6.03 Å². The van der Waals surface area contributed by atoms with Crippen LogP contribution in [0.5, 0.6) is 0 Å². The number of likely N-dealkylation sites (tertiary alicyclic amines) is 1. The van der Waals surface area contributed by atoms with Gasteiger partial charge in [0.1, 0.15) is 0 Å². The monoisotopic (exact) mass is 304 g/mol. The molecule has 1 aliphatic heterocycles. The largest absolute Gasteiger partial charge is 0.377 e. The SMILES string of the molecule is Cc1c(NC(=O)N2CCC[C@H](C(N)=O)C2)cccc1N(C)C. The summed E-state index contributed by atoms with van der Waals surface area (Å²) in [6.07, 6.45) is 1.56. The quantitative estimate of drug-likeness (QED) is 0.893. The molecule has 0 aliphatic carbocycles. The van der Waals surface area contributed by atoms with Gasteiger partial charge in [0.2, 0.25) is 5.91 Å². The zero-order chi connectivity index (χ0) is 16.3. The number of piperidine rings is 1. The molecule has 6 nitrogen and oxygen atoms in total.